The normalized spacial score (nSPS) is 10.7. The smallest absolute Gasteiger partial charge is 0.300 e. The molecular formula is C14H10N4O4. The van der Waals surface area contributed by atoms with Crippen molar-refractivity contribution < 1.29 is 9.85 Å². The number of nitro benzene ring substituents is 2. The quantitative estimate of drug-likeness (QED) is 0.435. The Labute approximate surface area is 123 Å². The van der Waals surface area contributed by atoms with Crippen molar-refractivity contribution in [1.29, 1.82) is 0 Å². The lowest BCUT2D eigenvalue weighted by Crippen LogP contribution is -1.93. The third-order valence-corrected chi connectivity index (χ3v) is 3.32. The van der Waals surface area contributed by atoms with E-state index in [1.807, 2.05) is 0 Å². The average molecular weight is 298 g/mol. The van der Waals surface area contributed by atoms with Crippen LogP contribution in [0.1, 0.15) is 0 Å². The standard InChI is InChI=1S/C14H10N4O4/c15-10-3-1-8(2-4-10)12-6-9-5-11(17(19)20)7-13(18(21)22)14(9)16-12/h1-7,16H,15H2. The first-order valence-electron chi connectivity index (χ1n) is 6.27. The molecule has 0 aliphatic heterocycles. The Morgan fingerprint density at radius 3 is 2.23 bits per heavy atom. The third kappa shape index (κ3) is 2.22. The molecule has 2 aromatic carbocycles. The molecule has 0 amide bonds. The maximum atomic E-state index is 11.1. The summed E-state index contributed by atoms with van der Waals surface area (Å²) < 4.78 is 0. The molecule has 0 bridgehead atoms. The van der Waals surface area contributed by atoms with Crippen LogP contribution in [0.4, 0.5) is 17.1 Å². The summed E-state index contributed by atoms with van der Waals surface area (Å²) in [6.45, 7) is 0. The Bertz CT molecular complexity index is 899. The van der Waals surface area contributed by atoms with Crippen LogP contribution in [0.2, 0.25) is 0 Å². The number of fused-ring (bicyclic) bond motifs is 1. The number of non-ortho nitro benzene ring substituents is 2. The summed E-state index contributed by atoms with van der Waals surface area (Å²) in [5.41, 5.74) is 7.23. The minimum atomic E-state index is -0.650. The zero-order valence-corrected chi connectivity index (χ0v) is 11.1. The first-order valence-corrected chi connectivity index (χ1v) is 6.27. The van der Waals surface area contributed by atoms with Gasteiger partial charge >= 0.3 is 0 Å². The topological polar surface area (TPSA) is 128 Å². The first-order chi connectivity index (χ1) is 10.5. The summed E-state index contributed by atoms with van der Waals surface area (Å²) in [6, 6.07) is 10.8. The van der Waals surface area contributed by atoms with E-state index >= 15 is 0 Å². The van der Waals surface area contributed by atoms with Crippen LogP contribution in [0.25, 0.3) is 22.2 Å². The van der Waals surface area contributed by atoms with Gasteiger partial charge in [0.05, 0.1) is 15.9 Å². The van der Waals surface area contributed by atoms with Crippen LogP contribution in [-0.2, 0) is 0 Å². The zero-order chi connectivity index (χ0) is 15.9. The fourth-order valence-electron chi connectivity index (χ4n) is 2.28. The predicted molar refractivity (Wildman–Crippen MR) is 81.5 cm³/mol. The number of nitrogens with zero attached hydrogens (tertiary/aromatic N) is 2. The molecule has 0 aliphatic rings. The Balaban J connectivity index is 2.24. The van der Waals surface area contributed by atoms with Crippen molar-refractivity contribution in [2.45, 2.75) is 0 Å². The molecule has 110 valence electrons. The van der Waals surface area contributed by atoms with Gasteiger partial charge in [0, 0.05) is 22.8 Å². The molecule has 1 heterocycles. The van der Waals surface area contributed by atoms with Crippen molar-refractivity contribution in [1.82, 2.24) is 4.98 Å². The second kappa shape index (κ2) is 4.85. The molecule has 0 aliphatic carbocycles. The number of nitrogens with two attached hydrogens (primary N) is 1. The number of aromatic nitrogens is 1. The summed E-state index contributed by atoms with van der Waals surface area (Å²) in [4.78, 5) is 23.7. The number of nitrogen functional groups attached to an aromatic ring is 1. The van der Waals surface area contributed by atoms with Crippen molar-refractivity contribution >= 4 is 28.0 Å². The molecular weight excluding hydrogens is 288 g/mol. The van der Waals surface area contributed by atoms with Crippen LogP contribution in [-0.4, -0.2) is 14.8 Å². The van der Waals surface area contributed by atoms with E-state index in [1.54, 1.807) is 30.3 Å². The van der Waals surface area contributed by atoms with Gasteiger partial charge in [-0.3, -0.25) is 20.2 Å². The lowest BCUT2D eigenvalue weighted by molar-refractivity contribution is -0.393. The number of anilines is 1. The van der Waals surface area contributed by atoms with Gasteiger partial charge in [-0.2, -0.15) is 0 Å². The van der Waals surface area contributed by atoms with E-state index in [1.165, 1.54) is 6.07 Å². The Hall–Kier alpha value is -3.42. The van der Waals surface area contributed by atoms with E-state index in [9.17, 15) is 20.2 Å². The summed E-state index contributed by atoms with van der Waals surface area (Å²) in [5, 5.41) is 22.4. The summed E-state index contributed by atoms with van der Waals surface area (Å²) >= 11 is 0. The lowest BCUT2D eigenvalue weighted by Gasteiger charge is -1.98. The van der Waals surface area contributed by atoms with Gasteiger partial charge in [0.1, 0.15) is 5.52 Å². The van der Waals surface area contributed by atoms with E-state index in [-0.39, 0.29) is 16.9 Å². The molecule has 0 atom stereocenters. The second-order valence-corrected chi connectivity index (χ2v) is 4.75. The minimum Gasteiger partial charge on any atom is -0.399 e. The maximum Gasteiger partial charge on any atom is 0.300 e. The molecule has 0 unspecified atom stereocenters. The number of nitro groups is 2. The van der Waals surface area contributed by atoms with Crippen LogP contribution in [0.5, 0.6) is 0 Å². The van der Waals surface area contributed by atoms with E-state index in [0.29, 0.717) is 16.8 Å². The zero-order valence-electron chi connectivity index (χ0n) is 11.1. The number of H-pyrrole nitrogens is 1. The van der Waals surface area contributed by atoms with Crippen molar-refractivity contribution in [2.24, 2.45) is 0 Å². The molecule has 0 saturated carbocycles. The molecule has 1 aromatic heterocycles. The van der Waals surface area contributed by atoms with Gasteiger partial charge in [-0.05, 0) is 23.8 Å². The molecule has 0 fully saturated rings. The van der Waals surface area contributed by atoms with Gasteiger partial charge in [0.25, 0.3) is 11.4 Å². The van der Waals surface area contributed by atoms with Crippen LogP contribution >= 0.6 is 0 Å². The SMILES string of the molecule is Nc1ccc(-c2cc3cc([N+](=O)[O-])cc([N+](=O)[O-])c3[nH]2)cc1. The van der Waals surface area contributed by atoms with Gasteiger partial charge in [-0.15, -0.1) is 0 Å². The highest BCUT2D eigenvalue weighted by atomic mass is 16.6. The first kappa shape index (κ1) is 13.6. The molecule has 3 aromatic rings. The maximum absolute atomic E-state index is 11.1. The number of hydrogen-bond donors (Lipinski definition) is 2. The van der Waals surface area contributed by atoms with Gasteiger partial charge < -0.3 is 10.7 Å². The Kier molecular flexibility index (Phi) is 2.99. The second-order valence-electron chi connectivity index (χ2n) is 4.75. The molecule has 0 saturated heterocycles. The van der Waals surface area contributed by atoms with Gasteiger partial charge in [-0.1, -0.05) is 12.1 Å². The van der Waals surface area contributed by atoms with E-state index < -0.39 is 9.85 Å². The average Bonchev–Trinajstić information content (AvgIpc) is 2.90. The lowest BCUT2D eigenvalue weighted by atomic mass is 10.1. The van der Waals surface area contributed by atoms with Crippen molar-refractivity contribution in [2.75, 3.05) is 5.73 Å². The highest BCUT2D eigenvalue weighted by Crippen LogP contribution is 2.33. The fourth-order valence-corrected chi connectivity index (χ4v) is 2.28. The van der Waals surface area contributed by atoms with Crippen LogP contribution < -0.4 is 5.73 Å². The van der Waals surface area contributed by atoms with Crippen molar-refractivity contribution in [3.8, 4) is 11.3 Å². The minimum absolute atomic E-state index is 0.252. The number of benzene rings is 2. The summed E-state index contributed by atoms with van der Waals surface area (Å²) in [6.07, 6.45) is 0. The van der Waals surface area contributed by atoms with Gasteiger partial charge in [0.2, 0.25) is 0 Å². The number of aromatic amines is 1. The fraction of sp³-hybridized carbons (Fsp3) is 0. The van der Waals surface area contributed by atoms with E-state index in [0.717, 1.165) is 11.6 Å². The highest BCUT2D eigenvalue weighted by molar-refractivity contribution is 5.94. The molecule has 8 nitrogen and oxygen atoms in total. The number of rotatable bonds is 3. The van der Waals surface area contributed by atoms with Crippen molar-refractivity contribution in [3.63, 3.8) is 0 Å². The Morgan fingerprint density at radius 1 is 0.955 bits per heavy atom. The number of nitrogens with one attached hydrogen (secondary N) is 1. The van der Waals surface area contributed by atoms with Gasteiger partial charge in [-0.25, -0.2) is 0 Å². The van der Waals surface area contributed by atoms with E-state index in [4.69, 9.17) is 5.73 Å². The van der Waals surface area contributed by atoms with Crippen LogP contribution in [0, 0.1) is 20.2 Å². The van der Waals surface area contributed by atoms with Gasteiger partial charge in [0.15, 0.2) is 0 Å². The molecule has 3 N–H and O–H groups in total. The molecule has 8 heteroatoms. The predicted octanol–water partition coefficient (Wildman–Crippen LogP) is 3.23. The highest BCUT2D eigenvalue weighted by Gasteiger charge is 2.21. The molecule has 3 rings (SSSR count). The van der Waals surface area contributed by atoms with Crippen molar-refractivity contribution in [3.05, 3.63) is 62.7 Å². The van der Waals surface area contributed by atoms with Crippen LogP contribution in [0.15, 0.2) is 42.5 Å². The largest absolute Gasteiger partial charge is 0.399 e. The monoisotopic (exact) mass is 298 g/mol. The third-order valence-electron chi connectivity index (χ3n) is 3.32. The van der Waals surface area contributed by atoms with E-state index in [2.05, 4.69) is 4.98 Å². The summed E-state index contributed by atoms with van der Waals surface area (Å²) in [7, 11) is 0. The summed E-state index contributed by atoms with van der Waals surface area (Å²) in [5.74, 6) is 0. The number of hydrogen-bond acceptors (Lipinski definition) is 5. The molecule has 0 radical (unpaired) electrons. The molecule has 22 heavy (non-hydrogen) atoms. The van der Waals surface area contributed by atoms with Crippen LogP contribution in [0.3, 0.4) is 0 Å². The molecule has 0 spiro atoms. The Morgan fingerprint density at radius 2 is 1.64 bits per heavy atom.